The highest BCUT2D eigenvalue weighted by Gasteiger charge is 2.16. The van der Waals surface area contributed by atoms with Crippen molar-refractivity contribution in [3.63, 3.8) is 0 Å². The summed E-state index contributed by atoms with van der Waals surface area (Å²) in [5.41, 5.74) is 0.340. The standard InChI is InChI=1S/C14H15N3O4/c1-3-21-13-8-11(16-6-4-5-15)10(14(19)20)7-12(13)17-9(2)18/h6-8H,3-4H2,1-2H3,(H,17,18)(H,19,20). The summed E-state index contributed by atoms with van der Waals surface area (Å²) in [7, 11) is 0. The van der Waals surface area contributed by atoms with Crippen molar-refractivity contribution in [1.82, 2.24) is 0 Å². The lowest BCUT2D eigenvalue weighted by molar-refractivity contribution is -0.114. The first-order valence-corrected chi connectivity index (χ1v) is 6.20. The molecule has 1 rings (SSSR count). The Kier molecular flexibility index (Phi) is 5.89. The number of anilines is 1. The highest BCUT2D eigenvalue weighted by atomic mass is 16.5. The third-order valence-electron chi connectivity index (χ3n) is 2.35. The van der Waals surface area contributed by atoms with Gasteiger partial charge in [-0.1, -0.05) is 0 Å². The number of benzene rings is 1. The van der Waals surface area contributed by atoms with Gasteiger partial charge in [-0.2, -0.15) is 5.26 Å². The number of nitriles is 1. The van der Waals surface area contributed by atoms with Gasteiger partial charge in [-0.25, -0.2) is 4.79 Å². The van der Waals surface area contributed by atoms with Crippen LogP contribution in [0.25, 0.3) is 0 Å². The van der Waals surface area contributed by atoms with Crippen LogP contribution in [-0.2, 0) is 4.79 Å². The van der Waals surface area contributed by atoms with E-state index < -0.39 is 5.97 Å². The van der Waals surface area contributed by atoms with E-state index >= 15 is 0 Å². The molecule has 2 N–H and O–H groups in total. The molecule has 0 spiro atoms. The minimum absolute atomic E-state index is 0.0659. The number of aliphatic imine (C=N–C) groups is 1. The molecule has 0 aliphatic heterocycles. The molecule has 1 aromatic rings. The molecule has 0 saturated carbocycles. The smallest absolute Gasteiger partial charge is 0.337 e. The summed E-state index contributed by atoms with van der Waals surface area (Å²) in [4.78, 5) is 26.4. The van der Waals surface area contributed by atoms with Gasteiger partial charge in [0.15, 0.2) is 0 Å². The number of amides is 1. The molecule has 0 aromatic heterocycles. The van der Waals surface area contributed by atoms with E-state index in [0.717, 1.165) is 0 Å². The SMILES string of the molecule is CCOc1cc(N=CCC#N)c(C(=O)O)cc1NC(C)=O. The van der Waals surface area contributed by atoms with Crippen LogP contribution in [0.5, 0.6) is 5.75 Å². The second kappa shape index (κ2) is 7.65. The lowest BCUT2D eigenvalue weighted by Crippen LogP contribution is -2.09. The first-order valence-electron chi connectivity index (χ1n) is 6.20. The third-order valence-corrected chi connectivity index (χ3v) is 2.35. The second-order valence-electron chi connectivity index (χ2n) is 3.96. The van der Waals surface area contributed by atoms with Crippen molar-refractivity contribution < 1.29 is 19.4 Å². The molecule has 0 fully saturated rings. The molecule has 0 aliphatic rings. The summed E-state index contributed by atoms with van der Waals surface area (Å²) in [5.74, 6) is -1.21. The van der Waals surface area contributed by atoms with Gasteiger partial charge in [0.25, 0.3) is 0 Å². The lowest BCUT2D eigenvalue weighted by Gasteiger charge is -2.13. The molecule has 1 aromatic carbocycles. The van der Waals surface area contributed by atoms with Crippen LogP contribution < -0.4 is 10.1 Å². The van der Waals surface area contributed by atoms with Gasteiger partial charge in [0.1, 0.15) is 5.75 Å². The van der Waals surface area contributed by atoms with Crippen molar-refractivity contribution in [2.45, 2.75) is 20.3 Å². The number of carboxylic acids is 1. The van der Waals surface area contributed by atoms with Crippen LogP contribution in [0.15, 0.2) is 17.1 Å². The number of ether oxygens (including phenoxy) is 1. The molecule has 21 heavy (non-hydrogen) atoms. The van der Waals surface area contributed by atoms with Crippen molar-refractivity contribution in [3.8, 4) is 11.8 Å². The van der Waals surface area contributed by atoms with Gasteiger partial charge in [-0.15, -0.1) is 0 Å². The maximum Gasteiger partial charge on any atom is 0.337 e. The van der Waals surface area contributed by atoms with E-state index in [1.165, 1.54) is 25.3 Å². The van der Waals surface area contributed by atoms with Crippen LogP contribution in [0.3, 0.4) is 0 Å². The highest BCUT2D eigenvalue weighted by Crippen LogP contribution is 2.33. The van der Waals surface area contributed by atoms with Crippen LogP contribution >= 0.6 is 0 Å². The van der Waals surface area contributed by atoms with Gasteiger partial charge in [-0.3, -0.25) is 9.79 Å². The Balaban J connectivity index is 3.35. The van der Waals surface area contributed by atoms with Crippen molar-refractivity contribution in [1.29, 1.82) is 5.26 Å². The summed E-state index contributed by atoms with van der Waals surface area (Å²) in [6.07, 6.45) is 1.38. The van der Waals surface area contributed by atoms with E-state index in [2.05, 4.69) is 10.3 Å². The van der Waals surface area contributed by atoms with E-state index in [1.54, 1.807) is 6.92 Å². The lowest BCUT2D eigenvalue weighted by atomic mass is 10.1. The van der Waals surface area contributed by atoms with Gasteiger partial charge in [-0.05, 0) is 13.0 Å². The van der Waals surface area contributed by atoms with Crippen molar-refractivity contribution in [2.75, 3.05) is 11.9 Å². The average Bonchev–Trinajstić information content (AvgIpc) is 2.41. The van der Waals surface area contributed by atoms with Gasteiger partial charge in [0, 0.05) is 19.2 Å². The zero-order valence-corrected chi connectivity index (χ0v) is 11.7. The van der Waals surface area contributed by atoms with Crippen LogP contribution in [0.4, 0.5) is 11.4 Å². The van der Waals surface area contributed by atoms with Gasteiger partial charge >= 0.3 is 5.97 Å². The quantitative estimate of drug-likeness (QED) is 0.781. The number of carbonyl (C=O) groups is 2. The fraction of sp³-hybridized carbons (Fsp3) is 0.286. The number of hydrogen-bond donors (Lipinski definition) is 2. The number of carboxylic acid groups (broad SMARTS) is 1. The van der Waals surface area contributed by atoms with Gasteiger partial charge in [0.2, 0.25) is 5.91 Å². The average molecular weight is 289 g/mol. The normalized spacial score (nSPS) is 10.1. The summed E-state index contributed by atoms with van der Waals surface area (Å²) in [5, 5.41) is 20.2. The van der Waals surface area contributed by atoms with Gasteiger partial charge in [0.05, 0.1) is 36.0 Å². The molecular formula is C14H15N3O4. The number of nitrogens with one attached hydrogen (secondary N) is 1. The Hall–Kier alpha value is -2.88. The minimum atomic E-state index is -1.19. The topological polar surface area (TPSA) is 112 Å². The summed E-state index contributed by atoms with van der Waals surface area (Å²) in [6.45, 7) is 3.43. The fourth-order valence-electron chi connectivity index (χ4n) is 1.59. The first kappa shape index (κ1) is 16.2. The Morgan fingerprint density at radius 1 is 1.52 bits per heavy atom. The van der Waals surface area contributed by atoms with Crippen molar-refractivity contribution >= 4 is 29.5 Å². The predicted octanol–water partition coefficient (Wildman–Crippen LogP) is 2.36. The number of carbonyl (C=O) groups excluding carboxylic acids is 1. The third kappa shape index (κ3) is 4.62. The van der Waals surface area contributed by atoms with Crippen molar-refractivity contribution in [3.05, 3.63) is 17.7 Å². The molecule has 0 unspecified atom stereocenters. The molecule has 7 nitrogen and oxygen atoms in total. The summed E-state index contributed by atoms with van der Waals surface area (Å²) >= 11 is 0. The monoisotopic (exact) mass is 289 g/mol. The maximum absolute atomic E-state index is 11.3. The molecule has 0 bridgehead atoms. The molecule has 0 aliphatic carbocycles. The Morgan fingerprint density at radius 2 is 2.24 bits per heavy atom. The summed E-state index contributed by atoms with van der Waals surface area (Å²) in [6, 6.07) is 4.59. The maximum atomic E-state index is 11.3. The largest absolute Gasteiger partial charge is 0.492 e. The molecule has 0 radical (unpaired) electrons. The fourth-order valence-corrected chi connectivity index (χ4v) is 1.59. The minimum Gasteiger partial charge on any atom is -0.492 e. The van der Waals surface area contributed by atoms with E-state index in [4.69, 9.17) is 10.00 Å². The molecule has 0 saturated heterocycles. The molecule has 0 heterocycles. The van der Waals surface area contributed by atoms with Crippen LogP contribution in [0.2, 0.25) is 0 Å². The van der Waals surface area contributed by atoms with Crippen LogP contribution in [0.1, 0.15) is 30.6 Å². The van der Waals surface area contributed by atoms with Crippen LogP contribution in [0, 0.1) is 11.3 Å². The Labute approximate surface area is 121 Å². The number of hydrogen-bond acceptors (Lipinski definition) is 5. The number of aromatic carboxylic acids is 1. The Bertz CT molecular complexity index is 617. The number of nitrogens with zero attached hydrogens (tertiary/aromatic N) is 2. The summed E-state index contributed by atoms with van der Waals surface area (Å²) < 4.78 is 5.37. The molecule has 1 amide bonds. The van der Waals surface area contributed by atoms with E-state index in [9.17, 15) is 14.7 Å². The predicted molar refractivity (Wildman–Crippen MR) is 77.3 cm³/mol. The molecule has 0 atom stereocenters. The van der Waals surface area contributed by atoms with E-state index in [1.807, 2.05) is 6.07 Å². The Morgan fingerprint density at radius 3 is 2.76 bits per heavy atom. The van der Waals surface area contributed by atoms with Gasteiger partial charge < -0.3 is 15.2 Å². The van der Waals surface area contributed by atoms with Crippen molar-refractivity contribution in [2.24, 2.45) is 4.99 Å². The molecule has 110 valence electrons. The number of rotatable bonds is 6. The first-order chi connectivity index (χ1) is 9.99. The highest BCUT2D eigenvalue weighted by molar-refractivity contribution is 5.99. The molecule has 7 heteroatoms. The van der Waals surface area contributed by atoms with Crippen LogP contribution in [-0.4, -0.2) is 29.8 Å². The van der Waals surface area contributed by atoms with E-state index in [-0.39, 0.29) is 29.3 Å². The second-order valence-corrected chi connectivity index (χ2v) is 3.96. The van der Waals surface area contributed by atoms with E-state index in [0.29, 0.717) is 12.4 Å². The zero-order chi connectivity index (χ0) is 15.8. The molecular weight excluding hydrogens is 274 g/mol. The zero-order valence-electron chi connectivity index (χ0n) is 11.7.